The predicted molar refractivity (Wildman–Crippen MR) is 90.8 cm³/mol. The first-order chi connectivity index (χ1) is 11.6. The van der Waals surface area contributed by atoms with Crippen molar-refractivity contribution in [2.75, 3.05) is 5.73 Å². The summed E-state index contributed by atoms with van der Waals surface area (Å²) in [6, 6.07) is 13.8. The number of halogens is 1. The fourth-order valence-electron chi connectivity index (χ4n) is 2.73. The molecule has 0 radical (unpaired) electrons. The third kappa shape index (κ3) is 2.38. The molecule has 5 nitrogen and oxygen atoms in total. The van der Waals surface area contributed by atoms with E-state index in [-0.39, 0.29) is 5.82 Å². The van der Waals surface area contributed by atoms with E-state index in [1.54, 1.807) is 29.0 Å². The van der Waals surface area contributed by atoms with Crippen molar-refractivity contribution in [1.29, 1.82) is 0 Å². The molecule has 0 fully saturated rings. The molecule has 0 spiro atoms. The molecule has 3 aromatic heterocycles. The Hall–Kier alpha value is -3.28. The summed E-state index contributed by atoms with van der Waals surface area (Å²) in [6.45, 7) is 1.91. The maximum atomic E-state index is 13.3. The Morgan fingerprint density at radius 1 is 0.958 bits per heavy atom. The lowest BCUT2D eigenvalue weighted by Gasteiger charge is -2.04. The smallest absolute Gasteiger partial charge is 0.123 e. The largest absolute Gasteiger partial charge is 0.384 e. The summed E-state index contributed by atoms with van der Waals surface area (Å²) in [5.41, 5.74) is 10.9. The van der Waals surface area contributed by atoms with Crippen LogP contribution in [0.5, 0.6) is 0 Å². The number of benzene rings is 1. The van der Waals surface area contributed by atoms with E-state index in [9.17, 15) is 4.39 Å². The first kappa shape index (κ1) is 14.3. The number of aromatic nitrogens is 4. The van der Waals surface area contributed by atoms with Gasteiger partial charge in [-0.05, 0) is 61.0 Å². The molecule has 0 aliphatic rings. The number of hydrogen-bond acceptors (Lipinski definition) is 4. The minimum absolute atomic E-state index is 0.286. The molecule has 0 bridgehead atoms. The van der Waals surface area contributed by atoms with Gasteiger partial charge in [-0.3, -0.25) is 0 Å². The number of aryl methyl sites for hydroxylation is 1. The molecular formula is C18H14FN5. The molecule has 0 atom stereocenters. The van der Waals surface area contributed by atoms with Gasteiger partial charge in [-0.1, -0.05) is 0 Å². The monoisotopic (exact) mass is 319 g/mol. The average Bonchev–Trinajstić information content (AvgIpc) is 2.94. The summed E-state index contributed by atoms with van der Waals surface area (Å²) in [5.74, 6) is 0.142. The Bertz CT molecular complexity index is 1040. The zero-order valence-electron chi connectivity index (χ0n) is 12.9. The third-order valence-corrected chi connectivity index (χ3v) is 3.83. The topological polar surface area (TPSA) is 69.1 Å². The SMILES string of the molecule is Cc1ccc2c(-c3ccnc(N)c3)c(-c3ccc(F)cc3)nn2n1. The lowest BCUT2D eigenvalue weighted by molar-refractivity contribution is 0.628. The highest BCUT2D eigenvalue weighted by Crippen LogP contribution is 2.35. The van der Waals surface area contributed by atoms with E-state index in [0.717, 1.165) is 33.6 Å². The molecular weight excluding hydrogens is 305 g/mol. The van der Waals surface area contributed by atoms with Gasteiger partial charge in [0, 0.05) is 17.3 Å². The van der Waals surface area contributed by atoms with Crippen LogP contribution in [0.4, 0.5) is 10.2 Å². The van der Waals surface area contributed by atoms with Crippen molar-refractivity contribution in [2.45, 2.75) is 6.92 Å². The Morgan fingerprint density at radius 3 is 2.50 bits per heavy atom. The summed E-state index contributed by atoms with van der Waals surface area (Å²) in [4.78, 5) is 4.04. The Morgan fingerprint density at radius 2 is 1.75 bits per heavy atom. The first-order valence-electron chi connectivity index (χ1n) is 7.46. The quantitative estimate of drug-likeness (QED) is 0.614. The second-order valence-electron chi connectivity index (χ2n) is 5.55. The Kier molecular flexibility index (Phi) is 3.23. The summed E-state index contributed by atoms with van der Waals surface area (Å²) in [6.07, 6.45) is 1.66. The maximum Gasteiger partial charge on any atom is 0.123 e. The maximum absolute atomic E-state index is 13.3. The number of fused-ring (bicyclic) bond motifs is 1. The molecule has 3 heterocycles. The van der Waals surface area contributed by atoms with Crippen LogP contribution in [0.2, 0.25) is 0 Å². The number of nitrogen functional groups attached to an aromatic ring is 1. The molecule has 0 saturated heterocycles. The Balaban J connectivity index is 2.05. The molecule has 0 aliphatic heterocycles. The molecule has 6 heteroatoms. The molecule has 118 valence electrons. The molecule has 0 aliphatic carbocycles. The average molecular weight is 319 g/mol. The van der Waals surface area contributed by atoms with Crippen molar-refractivity contribution in [3.05, 3.63) is 66.2 Å². The third-order valence-electron chi connectivity index (χ3n) is 3.83. The molecule has 0 amide bonds. The number of rotatable bonds is 2. The number of pyridine rings is 1. The molecule has 0 unspecified atom stereocenters. The van der Waals surface area contributed by atoms with E-state index in [1.807, 2.05) is 25.1 Å². The van der Waals surface area contributed by atoms with Crippen molar-refractivity contribution in [3.63, 3.8) is 0 Å². The van der Waals surface area contributed by atoms with Gasteiger partial charge in [-0.15, -0.1) is 5.10 Å². The fraction of sp³-hybridized carbons (Fsp3) is 0.0556. The van der Waals surface area contributed by atoms with Crippen molar-refractivity contribution in [1.82, 2.24) is 19.8 Å². The van der Waals surface area contributed by atoms with Gasteiger partial charge in [0.05, 0.1) is 11.2 Å². The van der Waals surface area contributed by atoms with Crippen LogP contribution in [-0.4, -0.2) is 19.8 Å². The van der Waals surface area contributed by atoms with Crippen molar-refractivity contribution in [2.24, 2.45) is 0 Å². The summed E-state index contributed by atoms with van der Waals surface area (Å²) >= 11 is 0. The fourth-order valence-corrected chi connectivity index (χ4v) is 2.73. The number of anilines is 1. The van der Waals surface area contributed by atoms with Crippen LogP contribution in [-0.2, 0) is 0 Å². The minimum Gasteiger partial charge on any atom is -0.384 e. The van der Waals surface area contributed by atoms with E-state index in [0.29, 0.717) is 5.82 Å². The summed E-state index contributed by atoms with van der Waals surface area (Å²) < 4.78 is 14.9. The van der Waals surface area contributed by atoms with Crippen LogP contribution in [0.1, 0.15) is 5.69 Å². The lowest BCUT2D eigenvalue weighted by Crippen LogP contribution is -1.95. The first-order valence-corrected chi connectivity index (χ1v) is 7.46. The van der Waals surface area contributed by atoms with Gasteiger partial charge in [0.15, 0.2) is 0 Å². The molecule has 1 aromatic carbocycles. The van der Waals surface area contributed by atoms with E-state index in [4.69, 9.17) is 5.73 Å². The van der Waals surface area contributed by atoms with Crippen LogP contribution in [0.3, 0.4) is 0 Å². The highest BCUT2D eigenvalue weighted by molar-refractivity contribution is 5.92. The second-order valence-corrected chi connectivity index (χ2v) is 5.55. The molecule has 4 aromatic rings. The highest BCUT2D eigenvalue weighted by atomic mass is 19.1. The van der Waals surface area contributed by atoms with Gasteiger partial charge >= 0.3 is 0 Å². The predicted octanol–water partition coefficient (Wildman–Crippen LogP) is 3.49. The van der Waals surface area contributed by atoms with Gasteiger partial charge in [0.2, 0.25) is 0 Å². The molecule has 4 rings (SSSR count). The minimum atomic E-state index is -0.286. The zero-order valence-corrected chi connectivity index (χ0v) is 12.9. The van der Waals surface area contributed by atoms with Crippen LogP contribution in [0, 0.1) is 12.7 Å². The highest BCUT2D eigenvalue weighted by Gasteiger charge is 2.17. The van der Waals surface area contributed by atoms with Gasteiger partial charge in [-0.2, -0.15) is 9.73 Å². The number of nitrogens with zero attached hydrogens (tertiary/aromatic N) is 4. The van der Waals surface area contributed by atoms with Crippen molar-refractivity contribution in [3.8, 4) is 22.4 Å². The van der Waals surface area contributed by atoms with E-state index in [2.05, 4.69) is 15.2 Å². The molecule has 24 heavy (non-hydrogen) atoms. The van der Waals surface area contributed by atoms with Crippen molar-refractivity contribution >= 4 is 11.3 Å². The normalized spacial score (nSPS) is 11.1. The number of nitrogens with two attached hydrogens (primary N) is 1. The summed E-state index contributed by atoms with van der Waals surface area (Å²) in [5, 5.41) is 9.03. The van der Waals surface area contributed by atoms with E-state index >= 15 is 0 Å². The van der Waals surface area contributed by atoms with Crippen molar-refractivity contribution < 1.29 is 4.39 Å². The summed E-state index contributed by atoms with van der Waals surface area (Å²) in [7, 11) is 0. The lowest BCUT2D eigenvalue weighted by atomic mass is 10.0. The van der Waals surface area contributed by atoms with E-state index in [1.165, 1.54) is 12.1 Å². The van der Waals surface area contributed by atoms with Gasteiger partial charge in [0.25, 0.3) is 0 Å². The van der Waals surface area contributed by atoms with Gasteiger partial charge < -0.3 is 5.73 Å². The number of hydrogen-bond donors (Lipinski definition) is 1. The van der Waals surface area contributed by atoms with Crippen LogP contribution < -0.4 is 5.73 Å². The van der Waals surface area contributed by atoms with Crippen LogP contribution >= 0.6 is 0 Å². The second kappa shape index (κ2) is 5.42. The van der Waals surface area contributed by atoms with Crippen LogP contribution in [0.25, 0.3) is 27.9 Å². The zero-order chi connectivity index (χ0) is 16.7. The van der Waals surface area contributed by atoms with Gasteiger partial charge in [-0.25, -0.2) is 9.37 Å². The molecule has 2 N–H and O–H groups in total. The Labute approximate surface area is 137 Å². The van der Waals surface area contributed by atoms with E-state index < -0.39 is 0 Å². The van der Waals surface area contributed by atoms with Crippen LogP contribution in [0.15, 0.2) is 54.7 Å². The standard InChI is InChI=1S/C18H14FN5/c1-11-2-7-15-17(13-8-9-21-16(20)10-13)18(23-24(15)22-11)12-3-5-14(19)6-4-12/h2-10H,1H3,(H2,20,21). The van der Waals surface area contributed by atoms with Gasteiger partial charge in [0.1, 0.15) is 17.3 Å². The molecule has 0 saturated carbocycles.